The van der Waals surface area contributed by atoms with Crippen molar-refractivity contribution in [1.29, 1.82) is 0 Å². The summed E-state index contributed by atoms with van der Waals surface area (Å²) >= 11 is 3.53. The highest BCUT2D eigenvalue weighted by Gasteiger charge is 2.12. The van der Waals surface area contributed by atoms with E-state index in [1.807, 2.05) is 24.3 Å². The number of hydrogen-bond donors (Lipinski definition) is 1. The Kier molecular flexibility index (Phi) is 6.57. The first-order valence-corrected chi connectivity index (χ1v) is 11.4. The van der Waals surface area contributed by atoms with E-state index < -0.39 is 0 Å². The molecule has 0 aliphatic heterocycles. The molecule has 0 unspecified atom stereocenters. The second-order valence-electron chi connectivity index (χ2n) is 8.10. The molecule has 31 heavy (non-hydrogen) atoms. The first kappa shape index (κ1) is 21.4. The average Bonchev–Trinajstić information content (AvgIpc) is 3.12. The third-order valence-electron chi connectivity index (χ3n) is 5.77. The predicted octanol–water partition coefficient (Wildman–Crippen LogP) is 6.32. The number of para-hydroxylation sites is 1. The molecule has 3 nitrogen and oxygen atoms in total. The molecule has 4 aromatic rings. The van der Waals surface area contributed by atoms with Crippen molar-refractivity contribution in [3.8, 4) is 0 Å². The first-order valence-electron chi connectivity index (χ1n) is 10.6. The quantitative estimate of drug-likeness (QED) is 0.334. The smallest absolute Gasteiger partial charge is 0.220 e. The number of aryl methyl sites for hydroxylation is 3. The van der Waals surface area contributed by atoms with Gasteiger partial charge in [0, 0.05) is 41.1 Å². The van der Waals surface area contributed by atoms with Crippen molar-refractivity contribution in [3.63, 3.8) is 0 Å². The summed E-state index contributed by atoms with van der Waals surface area (Å²) in [7, 11) is 0. The number of amides is 1. The van der Waals surface area contributed by atoms with Crippen molar-refractivity contribution in [2.24, 2.45) is 0 Å². The number of hydrogen-bond acceptors (Lipinski definition) is 1. The highest BCUT2D eigenvalue weighted by Crippen LogP contribution is 2.25. The van der Waals surface area contributed by atoms with Gasteiger partial charge in [0.05, 0.1) is 0 Å². The van der Waals surface area contributed by atoms with Crippen LogP contribution in [0.1, 0.15) is 34.2 Å². The number of carbonyl (C=O) groups is 1. The van der Waals surface area contributed by atoms with Gasteiger partial charge < -0.3 is 9.88 Å². The van der Waals surface area contributed by atoms with Crippen molar-refractivity contribution in [3.05, 3.63) is 105 Å². The Hall–Kier alpha value is -2.85. The van der Waals surface area contributed by atoms with Crippen LogP contribution in [-0.4, -0.2) is 10.5 Å². The zero-order valence-corrected chi connectivity index (χ0v) is 19.6. The van der Waals surface area contributed by atoms with Crippen molar-refractivity contribution in [1.82, 2.24) is 9.88 Å². The molecule has 1 aromatic heterocycles. The van der Waals surface area contributed by atoms with Crippen LogP contribution >= 0.6 is 15.9 Å². The number of aromatic nitrogens is 1. The maximum absolute atomic E-state index is 12.5. The summed E-state index contributed by atoms with van der Waals surface area (Å²) in [6, 6.07) is 23.0. The second kappa shape index (κ2) is 9.52. The number of benzene rings is 3. The van der Waals surface area contributed by atoms with E-state index in [0.29, 0.717) is 13.0 Å². The van der Waals surface area contributed by atoms with Crippen LogP contribution in [0.3, 0.4) is 0 Å². The van der Waals surface area contributed by atoms with Gasteiger partial charge in [0.25, 0.3) is 0 Å². The SMILES string of the molecule is Cc1ccc(C)c(Cn2cc(CCC(=O)NCc3ccccc3Br)c3ccccc32)c1. The van der Waals surface area contributed by atoms with Crippen molar-refractivity contribution >= 4 is 32.7 Å². The van der Waals surface area contributed by atoms with Gasteiger partial charge in [-0.25, -0.2) is 0 Å². The molecule has 0 spiro atoms. The number of carbonyl (C=O) groups excluding carboxylic acids is 1. The summed E-state index contributed by atoms with van der Waals surface area (Å²) in [4.78, 5) is 12.5. The molecule has 0 bridgehead atoms. The fourth-order valence-corrected chi connectivity index (χ4v) is 4.40. The third-order valence-corrected chi connectivity index (χ3v) is 6.55. The summed E-state index contributed by atoms with van der Waals surface area (Å²) in [6.07, 6.45) is 3.41. The standard InChI is InChI=1S/C27H27BrN2O/c1-19-11-12-20(2)23(15-19)18-30-17-22(24-8-4-6-10-26(24)30)13-14-27(31)29-16-21-7-3-5-9-25(21)28/h3-12,15,17H,13-14,16,18H2,1-2H3,(H,29,31). The van der Waals surface area contributed by atoms with E-state index in [4.69, 9.17) is 0 Å². The molecule has 1 amide bonds. The molecule has 0 atom stereocenters. The Morgan fingerprint density at radius 2 is 1.71 bits per heavy atom. The van der Waals surface area contributed by atoms with Crippen molar-refractivity contribution in [2.45, 2.75) is 39.8 Å². The molecule has 0 saturated heterocycles. The molecule has 3 aromatic carbocycles. The molecule has 0 fully saturated rings. The Bertz CT molecular complexity index is 1230. The Morgan fingerprint density at radius 1 is 0.935 bits per heavy atom. The van der Waals surface area contributed by atoms with Crippen LogP contribution < -0.4 is 5.32 Å². The van der Waals surface area contributed by atoms with Crippen molar-refractivity contribution in [2.75, 3.05) is 0 Å². The Morgan fingerprint density at radius 3 is 2.55 bits per heavy atom. The largest absolute Gasteiger partial charge is 0.352 e. The minimum Gasteiger partial charge on any atom is -0.352 e. The average molecular weight is 475 g/mol. The van der Waals surface area contributed by atoms with E-state index in [9.17, 15) is 4.79 Å². The summed E-state index contributed by atoms with van der Waals surface area (Å²) < 4.78 is 3.33. The van der Waals surface area contributed by atoms with E-state index in [0.717, 1.165) is 23.0 Å². The summed E-state index contributed by atoms with van der Waals surface area (Å²) in [5.41, 5.74) is 7.43. The molecule has 4 heteroatoms. The van der Waals surface area contributed by atoms with Gasteiger partial charge in [-0.3, -0.25) is 4.79 Å². The monoisotopic (exact) mass is 474 g/mol. The van der Waals surface area contributed by atoms with Gasteiger partial charge in [0.1, 0.15) is 0 Å². The molecule has 158 valence electrons. The van der Waals surface area contributed by atoms with Gasteiger partial charge in [0.2, 0.25) is 5.91 Å². The lowest BCUT2D eigenvalue weighted by Crippen LogP contribution is -2.23. The van der Waals surface area contributed by atoms with Crippen LogP contribution in [0, 0.1) is 13.8 Å². The first-order chi connectivity index (χ1) is 15.0. The fourth-order valence-electron chi connectivity index (χ4n) is 3.98. The molecule has 1 N–H and O–H groups in total. The summed E-state index contributed by atoms with van der Waals surface area (Å²) in [5, 5.41) is 4.27. The predicted molar refractivity (Wildman–Crippen MR) is 131 cm³/mol. The zero-order valence-electron chi connectivity index (χ0n) is 18.0. The molecular formula is C27H27BrN2O. The number of fused-ring (bicyclic) bond motifs is 1. The minimum atomic E-state index is 0.0714. The Balaban J connectivity index is 1.47. The maximum atomic E-state index is 12.5. The van der Waals surface area contributed by atoms with Crippen LogP contribution in [0.5, 0.6) is 0 Å². The molecule has 1 heterocycles. The minimum absolute atomic E-state index is 0.0714. The lowest BCUT2D eigenvalue weighted by molar-refractivity contribution is -0.121. The number of nitrogens with zero attached hydrogens (tertiary/aromatic N) is 1. The van der Waals surface area contributed by atoms with Gasteiger partial charge in [-0.05, 0) is 54.7 Å². The van der Waals surface area contributed by atoms with Crippen LogP contribution in [0.4, 0.5) is 0 Å². The van der Waals surface area contributed by atoms with Gasteiger partial charge in [-0.15, -0.1) is 0 Å². The maximum Gasteiger partial charge on any atom is 0.220 e. The lowest BCUT2D eigenvalue weighted by atomic mass is 10.1. The highest BCUT2D eigenvalue weighted by atomic mass is 79.9. The summed E-state index contributed by atoms with van der Waals surface area (Å²) in [5.74, 6) is 0.0714. The molecule has 0 aliphatic rings. The van der Waals surface area contributed by atoms with E-state index in [1.54, 1.807) is 0 Å². The molecule has 0 saturated carbocycles. The number of halogens is 1. The van der Waals surface area contributed by atoms with Gasteiger partial charge in [-0.2, -0.15) is 0 Å². The van der Waals surface area contributed by atoms with E-state index in [-0.39, 0.29) is 5.91 Å². The lowest BCUT2D eigenvalue weighted by Gasteiger charge is -2.10. The van der Waals surface area contributed by atoms with Crippen molar-refractivity contribution < 1.29 is 4.79 Å². The van der Waals surface area contributed by atoms with E-state index in [2.05, 4.69) is 88.3 Å². The molecular weight excluding hydrogens is 448 g/mol. The normalized spacial score (nSPS) is 11.1. The number of rotatable bonds is 7. The van der Waals surface area contributed by atoms with Crippen LogP contribution in [0.15, 0.2) is 77.4 Å². The molecule has 0 radical (unpaired) electrons. The Labute approximate surface area is 192 Å². The highest BCUT2D eigenvalue weighted by molar-refractivity contribution is 9.10. The number of nitrogens with one attached hydrogen (secondary N) is 1. The summed E-state index contributed by atoms with van der Waals surface area (Å²) in [6.45, 7) is 5.67. The van der Waals surface area contributed by atoms with E-state index >= 15 is 0 Å². The zero-order chi connectivity index (χ0) is 21.8. The van der Waals surface area contributed by atoms with Crippen LogP contribution in [0.2, 0.25) is 0 Å². The second-order valence-corrected chi connectivity index (χ2v) is 8.95. The van der Waals surface area contributed by atoms with E-state index in [1.165, 1.54) is 33.2 Å². The molecule has 4 rings (SSSR count). The molecule has 0 aliphatic carbocycles. The van der Waals surface area contributed by atoms with Gasteiger partial charge in [-0.1, -0.05) is 76.1 Å². The third kappa shape index (κ3) is 5.08. The van der Waals surface area contributed by atoms with Gasteiger partial charge in [0.15, 0.2) is 0 Å². The van der Waals surface area contributed by atoms with Crippen LogP contribution in [-0.2, 0) is 24.3 Å². The van der Waals surface area contributed by atoms with Gasteiger partial charge >= 0.3 is 0 Å². The fraction of sp³-hybridized carbons (Fsp3) is 0.222. The van der Waals surface area contributed by atoms with Crippen LogP contribution in [0.25, 0.3) is 10.9 Å². The topological polar surface area (TPSA) is 34.0 Å².